The first-order valence-electron chi connectivity index (χ1n) is 5.15. The van der Waals surface area contributed by atoms with E-state index in [2.05, 4.69) is 35.6 Å². The van der Waals surface area contributed by atoms with Crippen molar-refractivity contribution in [3.05, 3.63) is 12.4 Å². The molecule has 1 unspecified atom stereocenters. The minimum atomic E-state index is 0.178. The second-order valence-electron chi connectivity index (χ2n) is 3.83. The summed E-state index contributed by atoms with van der Waals surface area (Å²) in [5.41, 5.74) is 5.93. The van der Waals surface area contributed by atoms with Gasteiger partial charge in [0.15, 0.2) is 0 Å². The highest BCUT2D eigenvalue weighted by Crippen LogP contribution is 2.05. The zero-order valence-corrected chi connectivity index (χ0v) is 9.20. The van der Waals surface area contributed by atoms with E-state index in [9.17, 15) is 0 Å². The zero-order chi connectivity index (χ0) is 10.6. The maximum atomic E-state index is 5.93. The van der Waals surface area contributed by atoms with Gasteiger partial charge >= 0.3 is 0 Å². The van der Waals surface area contributed by atoms with Gasteiger partial charge in [0, 0.05) is 31.5 Å². The minimum Gasteiger partial charge on any atom is -0.354 e. The Labute approximate surface area is 85.5 Å². The van der Waals surface area contributed by atoms with E-state index in [0.717, 1.165) is 19.0 Å². The monoisotopic (exact) mass is 196 g/mol. The first-order chi connectivity index (χ1) is 6.65. The molecule has 0 fully saturated rings. The fourth-order valence-electron chi connectivity index (χ4n) is 1.18. The molecule has 0 aliphatic rings. The lowest BCUT2D eigenvalue weighted by atomic mass is 10.1. The zero-order valence-electron chi connectivity index (χ0n) is 9.20. The van der Waals surface area contributed by atoms with Gasteiger partial charge in [-0.3, -0.25) is 0 Å². The molecule has 3 N–H and O–H groups in total. The van der Waals surface area contributed by atoms with Crippen molar-refractivity contribution in [1.82, 2.24) is 9.55 Å². The third-order valence-corrected chi connectivity index (χ3v) is 2.41. The molecule has 80 valence electrons. The quantitative estimate of drug-likeness (QED) is 0.746. The molecule has 0 bridgehead atoms. The molecule has 1 aromatic rings. The lowest BCUT2D eigenvalue weighted by Crippen LogP contribution is -2.34. The lowest BCUT2D eigenvalue weighted by molar-refractivity contribution is 0.509. The van der Waals surface area contributed by atoms with Crippen molar-refractivity contribution in [3.8, 4) is 0 Å². The van der Waals surface area contributed by atoms with Gasteiger partial charge in [-0.15, -0.1) is 0 Å². The number of nitrogens with one attached hydrogen (secondary N) is 1. The van der Waals surface area contributed by atoms with E-state index in [1.807, 2.05) is 6.20 Å². The van der Waals surface area contributed by atoms with Crippen molar-refractivity contribution >= 4 is 5.95 Å². The Hall–Kier alpha value is -1.03. The Morgan fingerprint density at radius 3 is 2.86 bits per heavy atom. The van der Waals surface area contributed by atoms with Crippen LogP contribution in [0.25, 0.3) is 0 Å². The molecule has 14 heavy (non-hydrogen) atoms. The summed E-state index contributed by atoms with van der Waals surface area (Å²) >= 11 is 0. The summed E-state index contributed by atoms with van der Waals surface area (Å²) in [4.78, 5) is 4.21. The van der Waals surface area contributed by atoms with Crippen LogP contribution in [0.5, 0.6) is 0 Å². The fraction of sp³-hybridized carbons (Fsp3) is 0.700. The molecular weight excluding hydrogens is 176 g/mol. The van der Waals surface area contributed by atoms with Gasteiger partial charge < -0.3 is 15.6 Å². The van der Waals surface area contributed by atoms with Crippen LogP contribution in [0, 0.1) is 5.92 Å². The summed E-state index contributed by atoms with van der Waals surface area (Å²) in [6.45, 7) is 8.04. The van der Waals surface area contributed by atoms with Crippen LogP contribution in [-0.4, -0.2) is 22.1 Å². The van der Waals surface area contributed by atoms with Gasteiger partial charge in [0.1, 0.15) is 0 Å². The lowest BCUT2D eigenvalue weighted by Gasteiger charge is -2.16. The van der Waals surface area contributed by atoms with Crippen LogP contribution in [-0.2, 0) is 6.54 Å². The first kappa shape index (κ1) is 11.0. The van der Waals surface area contributed by atoms with Gasteiger partial charge in [0.05, 0.1) is 0 Å². The number of aromatic nitrogens is 2. The van der Waals surface area contributed by atoms with E-state index in [0.29, 0.717) is 5.92 Å². The largest absolute Gasteiger partial charge is 0.354 e. The summed E-state index contributed by atoms with van der Waals surface area (Å²) in [6.07, 6.45) is 3.76. The molecular formula is C10H20N4. The maximum absolute atomic E-state index is 5.93. The second kappa shape index (κ2) is 5.00. The molecule has 1 rings (SSSR count). The Morgan fingerprint density at radius 2 is 2.29 bits per heavy atom. The Morgan fingerprint density at radius 1 is 1.57 bits per heavy atom. The Bertz CT molecular complexity index is 267. The molecule has 0 saturated heterocycles. The Balaban J connectivity index is 2.45. The summed E-state index contributed by atoms with van der Waals surface area (Å²) < 4.78 is 2.06. The highest BCUT2D eigenvalue weighted by atomic mass is 15.2. The molecule has 4 nitrogen and oxygen atoms in total. The van der Waals surface area contributed by atoms with Gasteiger partial charge in [-0.2, -0.15) is 0 Å². The molecule has 1 aromatic heterocycles. The smallest absolute Gasteiger partial charge is 0.202 e. The molecule has 0 aromatic carbocycles. The minimum absolute atomic E-state index is 0.178. The average Bonchev–Trinajstić information content (AvgIpc) is 2.60. The van der Waals surface area contributed by atoms with E-state index in [-0.39, 0.29) is 6.04 Å². The molecule has 4 heteroatoms. The van der Waals surface area contributed by atoms with Crippen LogP contribution >= 0.6 is 0 Å². The van der Waals surface area contributed by atoms with Gasteiger partial charge in [-0.1, -0.05) is 13.8 Å². The third kappa shape index (κ3) is 2.73. The van der Waals surface area contributed by atoms with Crippen molar-refractivity contribution in [1.29, 1.82) is 0 Å². The van der Waals surface area contributed by atoms with Gasteiger partial charge in [-0.25, -0.2) is 4.98 Å². The number of imidazole rings is 1. The van der Waals surface area contributed by atoms with Gasteiger partial charge in [0.25, 0.3) is 0 Å². The van der Waals surface area contributed by atoms with Crippen molar-refractivity contribution in [3.63, 3.8) is 0 Å². The van der Waals surface area contributed by atoms with Crippen molar-refractivity contribution in [2.24, 2.45) is 11.7 Å². The van der Waals surface area contributed by atoms with Crippen LogP contribution in [0.1, 0.15) is 20.8 Å². The number of hydrogen-bond donors (Lipinski definition) is 2. The van der Waals surface area contributed by atoms with E-state index in [4.69, 9.17) is 5.73 Å². The number of hydrogen-bond acceptors (Lipinski definition) is 3. The molecule has 0 saturated carbocycles. The first-order valence-corrected chi connectivity index (χ1v) is 5.15. The van der Waals surface area contributed by atoms with E-state index in [1.165, 1.54) is 0 Å². The summed E-state index contributed by atoms with van der Waals surface area (Å²) in [6, 6.07) is 0.178. The van der Waals surface area contributed by atoms with Crippen molar-refractivity contribution in [2.45, 2.75) is 33.4 Å². The van der Waals surface area contributed by atoms with E-state index >= 15 is 0 Å². The molecule has 0 spiro atoms. The third-order valence-electron chi connectivity index (χ3n) is 2.41. The van der Waals surface area contributed by atoms with Gasteiger partial charge in [0.2, 0.25) is 5.95 Å². The fourth-order valence-corrected chi connectivity index (χ4v) is 1.18. The van der Waals surface area contributed by atoms with E-state index < -0.39 is 0 Å². The predicted octanol–water partition coefficient (Wildman–Crippen LogP) is 1.30. The predicted molar refractivity (Wildman–Crippen MR) is 59.2 cm³/mol. The molecule has 1 heterocycles. The summed E-state index contributed by atoms with van der Waals surface area (Å²) in [5, 5.41) is 3.25. The van der Waals surface area contributed by atoms with Crippen LogP contribution in [0.15, 0.2) is 12.4 Å². The van der Waals surface area contributed by atoms with Crippen molar-refractivity contribution in [2.75, 3.05) is 11.9 Å². The van der Waals surface area contributed by atoms with Crippen LogP contribution in [0.2, 0.25) is 0 Å². The Kier molecular flexibility index (Phi) is 3.95. The standard InChI is InChI=1S/C10H20N4/c1-4-14-6-5-12-10(14)13-7-9(11)8(2)3/h5-6,8-9H,4,7,11H2,1-3H3,(H,12,13). The molecule has 0 radical (unpaired) electrons. The number of nitrogens with two attached hydrogens (primary N) is 1. The topological polar surface area (TPSA) is 55.9 Å². The number of aryl methyl sites for hydroxylation is 1. The normalized spacial score (nSPS) is 13.2. The number of nitrogens with zero attached hydrogens (tertiary/aromatic N) is 2. The maximum Gasteiger partial charge on any atom is 0.202 e. The SMILES string of the molecule is CCn1ccnc1NCC(N)C(C)C. The molecule has 0 aliphatic heterocycles. The second-order valence-corrected chi connectivity index (χ2v) is 3.83. The summed E-state index contributed by atoms with van der Waals surface area (Å²) in [7, 11) is 0. The van der Waals surface area contributed by atoms with Crippen LogP contribution in [0.3, 0.4) is 0 Å². The highest BCUT2D eigenvalue weighted by Gasteiger charge is 2.08. The van der Waals surface area contributed by atoms with E-state index in [1.54, 1.807) is 6.20 Å². The molecule has 0 aliphatic carbocycles. The molecule has 0 amide bonds. The van der Waals surface area contributed by atoms with Gasteiger partial charge in [-0.05, 0) is 12.8 Å². The van der Waals surface area contributed by atoms with Crippen LogP contribution in [0.4, 0.5) is 5.95 Å². The number of anilines is 1. The number of rotatable bonds is 5. The summed E-state index contributed by atoms with van der Waals surface area (Å²) in [5.74, 6) is 1.40. The average molecular weight is 196 g/mol. The highest BCUT2D eigenvalue weighted by molar-refractivity contribution is 5.25. The van der Waals surface area contributed by atoms with Crippen LogP contribution < -0.4 is 11.1 Å². The van der Waals surface area contributed by atoms with Crippen molar-refractivity contribution < 1.29 is 0 Å². The molecule has 1 atom stereocenters.